The third kappa shape index (κ3) is 3.81. The number of benzene rings is 1. The van der Waals surface area contributed by atoms with Gasteiger partial charge in [-0.15, -0.1) is 0 Å². The Bertz CT molecular complexity index is 568. The molecule has 2 rings (SSSR count). The molecule has 1 aromatic rings. The summed E-state index contributed by atoms with van der Waals surface area (Å²) >= 11 is 3.32. The van der Waals surface area contributed by atoms with Crippen molar-refractivity contribution >= 4 is 26.0 Å². The summed E-state index contributed by atoms with van der Waals surface area (Å²) in [5.74, 6) is 0.339. The largest absolute Gasteiger partial charge is 0.381 e. The average Bonchev–Trinajstić information content (AvgIpc) is 2.42. The van der Waals surface area contributed by atoms with Crippen molar-refractivity contribution in [2.75, 3.05) is 13.2 Å². The van der Waals surface area contributed by atoms with Crippen molar-refractivity contribution in [1.29, 1.82) is 0 Å². The minimum absolute atomic E-state index is 0.0812. The van der Waals surface area contributed by atoms with Crippen molar-refractivity contribution in [2.24, 2.45) is 5.92 Å². The molecule has 1 saturated heterocycles. The quantitative estimate of drug-likeness (QED) is 0.896. The lowest BCUT2D eigenvalue weighted by molar-refractivity contribution is 0.0585. The zero-order valence-corrected chi connectivity index (χ0v) is 14.1. The first-order valence-corrected chi connectivity index (χ1v) is 9.04. The molecule has 0 bridgehead atoms. The molecule has 1 atom stereocenters. The number of rotatable bonds is 4. The van der Waals surface area contributed by atoms with Crippen molar-refractivity contribution in [3.05, 3.63) is 28.2 Å². The Kier molecular flexibility index (Phi) is 5.23. The molecule has 1 N–H and O–H groups in total. The fraction of sp³-hybridized carbons (Fsp3) is 0.571. The Morgan fingerprint density at radius 3 is 2.65 bits per heavy atom. The molecular weight excluding hydrogens is 342 g/mol. The first kappa shape index (κ1) is 15.9. The number of sulfonamides is 1. The molecule has 1 fully saturated rings. The Balaban J connectivity index is 2.16. The maximum absolute atomic E-state index is 12.5. The van der Waals surface area contributed by atoms with Crippen molar-refractivity contribution < 1.29 is 13.2 Å². The van der Waals surface area contributed by atoms with Gasteiger partial charge in [0.2, 0.25) is 10.0 Å². The van der Waals surface area contributed by atoms with Gasteiger partial charge < -0.3 is 4.74 Å². The fourth-order valence-electron chi connectivity index (χ4n) is 2.48. The number of hydrogen-bond donors (Lipinski definition) is 1. The van der Waals surface area contributed by atoms with E-state index in [0.29, 0.717) is 24.0 Å². The van der Waals surface area contributed by atoms with E-state index in [0.717, 1.165) is 22.9 Å². The molecule has 4 nitrogen and oxygen atoms in total. The van der Waals surface area contributed by atoms with Gasteiger partial charge in [0, 0.05) is 23.7 Å². The van der Waals surface area contributed by atoms with Crippen LogP contribution in [0, 0.1) is 12.8 Å². The summed E-state index contributed by atoms with van der Waals surface area (Å²) in [6, 6.07) is 5.21. The molecular formula is C14H20BrNO3S. The first-order valence-electron chi connectivity index (χ1n) is 6.76. The van der Waals surface area contributed by atoms with Gasteiger partial charge in [0.1, 0.15) is 0 Å². The van der Waals surface area contributed by atoms with E-state index in [4.69, 9.17) is 4.74 Å². The summed E-state index contributed by atoms with van der Waals surface area (Å²) in [5, 5.41) is 0. The summed E-state index contributed by atoms with van der Waals surface area (Å²) in [6.45, 7) is 5.17. The second kappa shape index (κ2) is 6.56. The van der Waals surface area contributed by atoms with Crippen LogP contribution in [-0.2, 0) is 14.8 Å². The van der Waals surface area contributed by atoms with Crippen molar-refractivity contribution in [1.82, 2.24) is 4.72 Å². The Labute approximate surface area is 129 Å². The van der Waals surface area contributed by atoms with Crippen molar-refractivity contribution in [3.8, 4) is 0 Å². The summed E-state index contributed by atoms with van der Waals surface area (Å²) in [6.07, 6.45) is 1.81. The lowest BCUT2D eigenvalue weighted by Gasteiger charge is -2.28. The molecule has 6 heteroatoms. The van der Waals surface area contributed by atoms with Crippen LogP contribution in [-0.4, -0.2) is 27.7 Å². The van der Waals surface area contributed by atoms with Crippen molar-refractivity contribution in [3.63, 3.8) is 0 Å². The second-order valence-corrected chi connectivity index (χ2v) is 7.87. The molecule has 1 aliphatic heterocycles. The lowest BCUT2D eigenvalue weighted by atomic mass is 9.94. The highest BCUT2D eigenvalue weighted by molar-refractivity contribution is 9.10. The molecule has 112 valence electrons. The third-order valence-electron chi connectivity index (χ3n) is 3.75. The van der Waals surface area contributed by atoms with Crippen LogP contribution in [0.5, 0.6) is 0 Å². The molecule has 1 heterocycles. The Morgan fingerprint density at radius 2 is 2.00 bits per heavy atom. The summed E-state index contributed by atoms with van der Waals surface area (Å²) in [4.78, 5) is 0.339. The van der Waals surface area contributed by atoms with E-state index >= 15 is 0 Å². The Morgan fingerprint density at radius 1 is 1.35 bits per heavy atom. The molecule has 0 aromatic heterocycles. The zero-order chi connectivity index (χ0) is 14.8. The standard InChI is InChI=1S/C14H20BrNO3S/c1-10-3-4-13(15)9-14(10)20(17,18)16-11(2)12-5-7-19-8-6-12/h3-4,9,11-12,16H,5-8H2,1-2H3. The topological polar surface area (TPSA) is 55.4 Å². The maximum atomic E-state index is 12.5. The fourth-order valence-corrected chi connectivity index (χ4v) is 4.58. The molecule has 0 radical (unpaired) electrons. The van der Waals surface area contributed by atoms with Gasteiger partial charge in [0.05, 0.1) is 4.90 Å². The van der Waals surface area contributed by atoms with Gasteiger partial charge in [-0.25, -0.2) is 13.1 Å². The van der Waals surface area contributed by atoms with E-state index in [2.05, 4.69) is 20.7 Å². The third-order valence-corrected chi connectivity index (χ3v) is 5.95. The van der Waals surface area contributed by atoms with Crippen LogP contribution in [0.1, 0.15) is 25.3 Å². The second-order valence-electron chi connectivity index (χ2n) is 5.27. The molecule has 0 aliphatic carbocycles. The minimum atomic E-state index is -3.48. The van der Waals surface area contributed by atoms with Crippen LogP contribution < -0.4 is 4.72 Å². The zero-order valence-electron chi connectivity index (χ0n) is 11.7. The first-order chi connectivity index (χ1) is 9.40. The normalized spacial score (nSPS) is 18.9. The van der Waals surface area contributed by atoms with Crippen LogP contribution >= 0.6 is 15.9 Å². The molecule has 0 spiro atoms. The number of hydrogen-bond acceptors (Lipinski definition) is 3. The molecule has 0 amide bonds. The highest BCUT2D eigenvalue weighted by Gasteiger charge is 2.26. The Hall–Kier alpha value is -0.430. The van der Waals surface area contributed by atoms with Gasteiger partial charge in [0.15, 0.2) is 0 Å². The summed E-state index contributed by atoms with van der Waals surface area (Å²) in [7, 11) is -3.48. The van der Waals surface area contributed by atoms with Gasteiger partial charge in [-0.3, -0.25) is 0 Å². The van der Waals surface area contributed by atoms with Crippen LogP contribution in [0.2, 0.25) is 0 Å². The van der Waals surface area contributed by atoms with Crippen LogP contribution in [0.25, 0.3) is 0 Å². The van der Waals surface area contributed by atoms with E-state index in [9.17, 15) is 8.42 Å². The van der Waals surface area contributed by atoms with Gasteiger partial charge in [-0.1, -0.05) is 22.0 Å². The molecule has 0 saturated carbocycles. The van der Waals surface area contributed by atoms with E-state index < -0.39 is 10.0 Å². The van der Waals surface area contributed by atoms with Crippen molar-refractivity contribution in [2.45, 2.75) is 37.6 Å². The molecule has 1 aliphatic rings. The minimum Gasteiger partial charge on any atom is -0.381 e. The lowest BCUT2D eigenvalue weighted by Crippen LogP contribution is -2.40. The summed E-state index contributed by atoms with van der Waals surface area (Å²) < 4.78 is 33.9. The van der Waals surface area contributed by atoms with Gasteiger partial charge >= 0.3 is 0 Å². The van der Waals surface area contributed by atoms with Crippen LogP contribution in [0.15, 0.2) is 27.6 Å². The molecule has 20 heavy (non-hydrogen) atoms. The van der Waals surface area contributed by atoms with Gasteiger partial charge in [0.25, 0.3) is 0 Å². The molecule has 1 unspecified atom stereocenters. The van der Waals surface area contributed by atoms with E-state index in [1.54, 1.807) is 19.1 Å². The maximum Gasteiger partial charge on any atom is 0.241 e. The number of ether oxygens (including phenoxy) is 1. The number of aryl methyl sites for hydroxylation is 1. The number of nitrogens with one attached hydrogen (secondary N) is 1. The summed E-state index contributed by atoms with van der Waals surface area (Å²) in [5.41, 5.74) is 0.750. The van der Waals surface area contributed by atoms with Crippen LogP contribution in [0.4, 0.5) is 0 Å². The smallest absolute Gasteiger partial charge is 0.241 e. The van der Waals surface area contributed by atoms with Gasteiger partial charge in [-0.05, 0) is 50.3 Å². The molecule has 1 aromatic carbocycles. The van der Waals surface area contributed by atoms with Crippen LogP contribution in [0.3, 0.4) is 0 Å². The predicted molar refractivity (Wildman–Crippen MR) is 82.2 cm³/mol. The van der Waals surface area contributed by atoms with E-state index in [-0.39, 0.29) is 6.04 Å². The predicted octanol–water partition coefficient (Wildman–Crippen LogP) is 2.85. The van der Waals surface area contributed by atoms with E-state index in [1.165, 1.54) is 0 Å². The SMILES string of the molecule is Cc1ccc(Br)cc1S(=O)(=O)NC(C)C1CCOCC1. The van der Waals surface area contributed by atoms with E-state index in [1.807, 2.05) is 13.0 Å². The highest BCUT2D eigenvalue weighted by Crippen LogP contribution is 2.23. The number of halogens is 1. The average molecular weight is 362 g/mol. The van der Waals surface area contributed by atoms with Gasteiger partial charge in [-0.2, -0.15) is 0 Å². The highest BCUT2D eigenvalue weighted by atomic mass is 79.9. The monoisotopic (exact) mass is 361 g/mol.